The summed E-state index contributed by atoms with van der Waals surface area (Å²) in [6.07, 6.45) is 0.256. The number of sulfonamides is 1. The third-order valence-electron chi connectivity index (χ3n) is 2.68. The monoisotopic (exact) mass is 285 g/mol. The molecule has 106 valence electrons. The third kappa shape index (κ3) is 4.24. The van der Waals surface area contributed by atoms with Gasteiger partial charge < -0.3 is 5.11 Å². The van der Waals surface area contributed by atoms with Gasteiger partial charge in [-0.15, -0.1) is 0 Å². The molecule has 0 saturated heterocycles. The predicted octanol–water partition coefficient (Wildman–Crippen LogP) is 2.24. The van der Waals surface area contributed by atoms with Crippen molar-refractivity contribution in [3.05, 3.63) is 29.8 Å². The Bertz CT molecular complexity index is 558. The number of hydrogen-bond acceptors (Lipinski definition) is 3. The summed E-state index contributed by atoms with van der Waals surface area (Å²) in [5.74, 6) is -0.909. The van der Waals surface area contributed by atoms with E-state index < -0.39 is 20.7 Å². The van der Waals surface area contributed by atoms with Crippen LogP contribution >= 0.6 is 0 Å². The van der Waals surface area contributed by atoms with Crippen molar-refractivity contribution >= 4 is 21.7 Å². The molecule has 0 aromatic heterocycles. The van der Waals surface area contributed by atoms with Crippen molar-refractivity contribution in [3.63, 3.8) is 0 Å². The Morgan fingerprint density at radius 2 is 1.84 bits per heavy atom. The number of rotatable bonds is 5. The molecule has 0 atom stereocenters. The van der Waals surface area contributed by atoms with Crippen molar-refractivity contribution < 1.29 is 18.3 Å². The standard InChI is InChI=1S/C13H19NO4S/c1-13(2,3)19(17,18)14-11-7-5-4-6-10(11)8-9-12(15)16/h4-7,14H,8-9H2,1-3H3,(H,15,16). The number of benzene rings is 1. The highest BCUT2D eigenvalue weighted by Gasteiger charge is 2.29. The average Bonchev–Trinajstić information content (AvgIpc) is 2.25. The van der Waals surface area contributed by atoms with Crippen molar-refractivity contribution in [3.8, 4) is 0 Å². The number of carboxylic acids is 1. The van der Waals surface area contributed by atoms with Crippen LogP contribution in [0.25, 0.3) is 0 Å². The lowest BCUT2D eigenvalue weighted by atomic mass is 10.1. The Morgan fingerprint density at radius 1 is 1.26 bits per heavy atom. The Balaban J connectivity index is 2.99. The molecule has 2 N–H and O–H groups in total. The summed E-state index contributed by atoms with van der Waals surface area (Å²) in [6.45, 7) is 4.82. The topological polar surface area (TPSA) is 83.5 Å². The molecule has 0 aliphatic carbocycles. The van der Waals surface area contributed by atoms with Crippen LogP contribution in [0.5, 0.6) is 0 Å². The molecule has 0 unspecified atom stereocenters. The van der Waals surface area contributed by atoms with E-state index in [1.54, 1.807) is 45.0 Å². The summed E-state index contributed by atoms with van der Waals surface area (Å²) in [7, 11) is -3.51. The Hall–Kier alpha value is -1.56. The van der Waals surface area contributed by atoms with Gasteiger partial charge in [-0.05, 0) is 38.8 Å². The van der Waals surface area contributed by atoms with Gasteiger partial charge in [-0.2, -0.15) is 0 Å². The fourth-order valence-corrected chi connectivity index (χ4v) is 2.17. The summed E-state index contributed by atoms with van der Waals surface area (Å²) in [6, 6.07) is 6.83. The second kappa shape index (κ2) is 5.61. The quantitative estimate of drug-likeness (QED) is 0.869. The maximum atomic E-state index is 12.1. The zero-order chi connectivity index (χ0) is 14.7. The SMILES string of the molecule is CC(C)(C)S(=O)(=O)Nc1ccccc1CCC(=O)O. The molecule has 5 nitrogen and oxygen atoms in total. The molecule has 0 heterocycles. The van der Waals surface area contributed by atoms with Crippen molar-refractivity contribution in [2.45, 2.75) is 38.4 Å². The summed E-state index contributed by atoms with van der Waals surface area (Å²) < 4.78 is 25.8. The van der Waals surface area contributed by atoms with Gasteiger partial charge in [0.1, 0.15) is 0 Å². The van der Waals surface area contributed by atoms with Gasteiger partial charge in [0.25, 0.3) is 0 Å². The van der Waals surface area contributed by atoms with E-state index in [9.17, 15) is 13.2 Å². The zero-order valence-electron chi connectivity index (χ0n) is 11.3. The van der Waals surface area contributed by atoms with Crippen LogP contribution < -0.4 is 4.72 Å². The molecule has 0 amide bonds. The molecule has 0 aliphatic heterocycles. The Morgan fingerprint density at radius 3 is 2.37 bits per heavy atom. The smallest absolute Gasteiger partial charge is 0.303 e. The number of anilines is 1. The Kier molecular flexibility index (Phi) is 4.57. The molecule has 6 heteroatoms. The largest absolute Gasteiger partial charge is 0.481 e. The maximum Gasteiger partial charge on any atom is 0.303 e. The summed E-state index contributed by atoms with van der Waals surface area (Å²) in [5.41, 5.74) is 1.12. The van der Waals surface area contributed by atoms with Crippen LogP contribution in [0, 0.1) is 0 Å². The third-order valence-corrected chi connectivity index (χ3v) is 4.78. The van der Waals surface area contributed by atoms with Crippen LogP contribution in [0.15, 0.2) is 24.3 Å². The molecular formula is C13H19NO4S. The van der Waals surface area contributed by atoms with Crippen LogP contribution in [-0.4, -0.2) is 24.2 Å². The Labute approximate surface area is 113 Å². The summed E-state index contributed by atoms with van der Waals surface area (Å²) in [4.78, 5) is 10.6. The molecule has 1 aromatic carbocycles. The lowest BCUT2D eigenvalue weighted by Crippen LogP contribution is -2.34. The first-order chi connectivity index (χ1) is 8.63. The number of carboxylic acid groups (broad SMARTS) is 1. The van der Waals surface area contributed by atoms with Crippen LogP contribution in [0.1, 0.15) is 32.8 Å². The average molecular weight is 285 g/mol. The van der Waals surface area contributed by atoms with E-state index in [0.29, 0.717) is 11.3 Å². The van der Waals surface area contributed by atoms with Gasteiger partial charge >= 0.3 is 5.97 Å². The van der Waals surface area contributed by atoms with E-state index in [1.807, 2.05) is 0 Å². The fourth-order valence-electron chi connectivity index (χ4n) is 1.38. The van der Waals surface area contributed by atoms with E-state index in [2.05, 4.69) is 4.72 Å². The number of hydrogen-bond donors (Lipinski definition) is 2. The van der Waals surface area contributed by atoms with Crippen LogP contribution in [0.2, 0.25) is 0 Å². The van der Waals surface area contributed by atoms with Crippen molar-refractivity contribution in [2.75, 3.05) is 4.72 Å². The summed E-state index contributed by atoms with van der Waals surface area (Å²) in [5, 5.41) is 8.69. The molecule has 0 radical (unpaired) electrons. The van der Waals surface area contributed by atoms with Crippen LogP contribution in [-0.2, 0) is 21.2 Å². The van der Waals surface area contributed by atoms with E-state index in [4.69, 9.17) is 5.11 Å². The zero-order valence-corrected chi connectivity index (χ0v) is 12.1. The minimum Gasteiger partial charge on any atom is -0.481 e. The minimum atomic E-state index is -3.51. The van der Waals surface area contributed by atoms with E-state index >= 15 is 0 Å². The lowest BCUT2D eigenvalue weighted by Gasteiger charge is -2.21. The van der Waals surface area contributed by atoms with Gasteiger partial charge in [0, 0.05) is 6.42 Å². The molecule has 1 rings (SSSR count). The van der Waals surface area contributed by atoms with E-state index in [-0.39, 0.29) is 12.8 Å². The van der Waals surface area contributed by atoms with Gasteiger partial charge in [0.15, 0.2) is 0 Å². The fraction of sp³-hybridized carbons (Fsp3) is 0.462. The molecule has 0 bridgehead atoms. The molecule has 0 saturated carbocycles. The normalized spacial score (nSPS) is 12.2. The number of aryl methyl sites for hydroxylation is 1. The predicted molar refractivity (Wildman–Crippen MR) is 74.7 cm³/mol. The molecule has 19 heavy (non-hydrogen) atoms. The van der Waals surface area contributed by atoms with Crippen LogP contribution in [0.3, 0.4) is 0 Å². The highest BCUT2D eigenvalue weighted by molar-refractivity contribution is 7.94. The molecule has 1 aromatic rings. The van der Waals surface area contributed by atoms with Crippen molar-refractivity contribution in [1.82, 2.24) is 0 Å². The summed E-state index contributed by atoms with van der Waals surface area (Å²) >= 11 is 0. The van der Waals surface area contributed by atoms with Gasteiger partial charge in [-0.1, -0.05) is 18.2 Å². The molecule has 0 spiro atoms. The lowest BCUT2D eigenvalue weighted by molar-refractivity contribution is -0.136. The van der Waals surface area contributed by atoms with Gasteiger partial charge in [0.2, 0.25) is 10.0 Å². The first-order valence-electron chi connectivity index (χ1n) is 5.95. The van der Waals surface area contributed by atoms with Gasteiger partial charge in [-0.25, -0.2) is 8.42 Å². The second-order valence-electron chi connectivity index (χ2n) is 5.27. The molecule has 0 fully saturated rings. The first-order valence-corrected chi connectivity index (χ1v) is 7.44. The molecule has 0 aliphatic rings. The number of aliphatic carboxylic acids is 1. The highest BCUT2D eigenvalue weighted by Crippen LogP contribution is 2.23. The van der Waals surface area contributed by atoms with E-state index in [1.165, 1.54) is 0 Å². The van der Waals surface area contributed by atoms with Crippen LogP contribution in [0.4, 0.5) is 5.69 Å². The van der Waals surface area contributed by atoms with Gasteiger partial charge in [0.05, 0.1) is 10.4 Å². The van der Waals surface area contributed by atoms with Gasteiger partial charge in [-0.3, -0.25) is 9.52 Å². The first kappa shape index (κ1) is 15.5. The van der Waals surface area contributed by atoms with Crippen molar-refractivity contribution in [2.24, 2.45) is 0 Å². The number of para-hydroxylation sites is 1. The molecular weight excluding hydrogens is 266 g/mol. The minimum absolute atomic E-state index is 0.0335. The highest BCUT2D eigenvalue weighted by atomic mass is 32.2. The second-order valence-corrected chi connectivity index (χ2v) is 7.70. The number of nitrogens with one attached hydrogen (secondary N) is 1. The van der Waals surface area contributed by atoms with E-state index in [0.717, 1.165) is 0 Å². The van der Waals surface area contributed by atoms with Crippen molar-refractivity contribution in [1.29, 1.82) is 0 Å². The number of carbonyl (C=O) groups is 1. The maximum absolute atomic E-state index is 12.1.